The first-order valence-corrected chi connectivity index (χ1v) is 9.30. The Labute approximate surface area is 148 Å². The number of anilines is 1. The smallest absolute Gasteiger partial charge is 0.324 e. The second kappa shape index (κ2) is 7.44. The molecule has 2 aliphatic rings. The zero-order valence-corrected chi connectivity index (χ0v) is 14.9. The first-order valence-electron chi connectivity index (χ1n) is 9.30. The average molecular weight is 342 g/mol. The summed E-state index contributed by atoms with van der Waals surface area (Å²) >= 11 is 0. The maximum absolute atomic E-state index is 5.52. The number of nitrogens with zero attached hydrogens (tertiary/aromatic N) is 4. The summed E-state index contributed by atoms with van der Waals surface area (Å²) in [5, 5.41) is 4.15. The Balaban J connectivity index is 1.39. The van der Waals surface area contributed by atoms with E-state index in [1.54, 1.807) is 7.11 Å². The quantitative estimate of drug-likeness (QED) is 0.850. The molecule has 1 aromatic carbocycles. The van der Waals surface area contributed by atoms with Gasteiger partial charge in [0.15, 0.2) is 0 Å². The van der Waals surface area contributed by atoms with Crippen molar-refractivity contribution in [1.29, 1.82) is 0 Å². The van der Waals surface area contributed by atoms with Crippen LogP contribution in [0.3, 0.4) is 0 Å². The van der Waals surface area contributed by atoms with Gasteiger partial charge in [0.1, 0.15) is 5.75 Å². The van der Waals surface area contributed by atoms with Gasteiger partial charge in [-0.15, -0.1) is 0 Å². The number of aromatic nitrogens is 2. The minimum Gasteiger partial charge on any atom is -0.497 e. The highest BCUT2D eigenvalue weighted by Crippen LogP contribution is 2.27. The van der Waals surface area contributed by atoms with E-state index in [1.807, 2.05) is 24.3 Å². The van der Waals surface area contributed by atoms with E-state index < -0.39 is 0 Å². The molecule has 6 heteroatoms. The van der Waals surface area contributed by atoms with E-state index in [-0.39, 0.29) is 0 Å². The van der Waals surface area contributed by atoms with Gasteiger partial charge < -0.3 is 19.1 Å². The summed E-state index contributed by atoms with van der Waals surface area (Å²) < 4.78 is 10.8. The lowest BCUT2D eigenvalue weighted by Gasteiger charge is -2.39. The molecule has 0 aliphatic carbocycles. The maximum Gasteiger partial charge on any atom is 0.324 e. The molecule has 0 unspecified atom stereocenters. The van der Waals surface area contributed by atoms with Crippen molar-refractivity contribution in [1.82, 2.24) is 15.0 Å². The summed E-state index contributed by atoms with van der Waals surface area (Å²) in [6, 6.07) is 9.11. The molecule has 0 N–H and O–H groups in total. The molecule has 2 saturated heterocycles. The summed E-state index contributed by atoms with van der Waals surface area (Å²) in [7, 11) is 1.66. The van der Waals surface area contributed by atoms with Crippen molar-refractivity contribution >= 4 is 6.01 Å². The summed E-state index contributed by atoms with van der Waals surface area (Å²) in [4.78, 5) is 9.49. The lowest BCUT2D eigenvalue weighted by atomic mass is 10.0. The third-order valence-electron chi connectivity index (χ3n) is 5.39. The van der Waals surface area contributed by atoms with Crippen molar-refractivity contribution in [2.75, 3.05) is 38.2 Å². The molecule has 134 valence electrons. The van der Waals surface area contributed by atoms with E-state index >= 15 is 0 Å². The summed E-state index contributed by atoms with van der Waals surface area (Å²) in [6.07, 6.45) is 6.46. The third kappa shape index (κ3) is 3.63. The second-order valence-corrected chi connectivity index (χ2v) is 6.95. The highest BCUT2D eigenvalue weighted by Gasteiger charge is 2.27. The zero-order chi connectivity index (χ0) is 17.1. The van der Waals surface area contributed by atoms with Crippen molar-refractivity contribution in [3.05, 3.63) is 24.3 Å². The van der Waals surface area contributed by atoms with Crippen LogP contribution in [0.5, 0.6) is 5.75 Å². The second-order valence-electron chi connectivity index (χ2n) is 6.95. The number of methoxy groups -OCH3 is 1. The predicted molar refractivity (Wildman–Crippen MR) is 96.9 cm³/mol. The first kappa shape index (κ1) is 16.4. The van der Waals surface area contributed by atoms with Crippen LogP contribution in [-0.2, 0) is 0 Å². The van der Waals surface area contributed by atoms with Crippen LogP contribution in [0.15, 0.2) is 28.8 Å². The molecule has 0 spiro atoms. The molecule has 6 nitrogen and oxygen atoms in total. The van der Waals surface area contributed by atoms with E-state index in [4.69, 9.17) is 9.26 Å². The SMILES string of the molecule is COc1cccc(-c2noc(N3CCC(N4CCCCC4)CC3)n2)c1. The standard InChI is InChI=1S/C19H26N4O2/c1-24-17-7-5-6-15(14-17)18-20-19(25-21-18)23-12-8-16(9-13-23)22-10-3-2-4-11-22/h5-7,14,16H,2-4,8-13H2,1H3. The Morgan fingerprint density at radius 3 is 2.64 bits per heavy atom. The number of likely N-dealkylation sites (tertiary alicyclic amines) is 1. The lowest BCUT2D eigenvalue weighted by molar-refractivity contribution is 0.140. The van der Waals surface area contributed by atoms with Gasteiger partial charge in [0.25, 0.3) is 0 Å². The van der Waals surface area contributed by atoms with E-state index in [0.29, 0.717) is 11.8 Å². The van der Waals surface area contributed by atoms with Crippen molar-refractivity contribution in [2.24, 2.45) is 0 Å². The molecule has 4 rings (SSSR count). The Morgan fingerprint density at radius 1 is 1.08 bits per heavy atom. The van der Waals surface area contributed by atoms with Gasteiger partial charge in [0, 0.05) is 24.7 Å². The number of benzene rings is 1. The average Bonchev–Trinajstić information content (AvgIpc) is 3.19. The van der Waals surface area contributed by atoms with Crippen LogP contribution < -0.4 is 9.64 Å². The summed E-state index contributed by atoms with van der Waals surface area (Å²) in [6.45, 7) is 4.51. The normalized spacial score (nSPS) is 20.0. The molecule has 0 bridgehead atoms. The molecule has 0 amide bonds. The topological polar surface area (TPSA) is 54.6 Å². The summed E-state index contributed by atoms with van der Waals surface area (Å²) in [5.74, 6) is 1.42. The highest BCUT2D eigenvalue weighted by molar-refractivity contribution is 5.58. The van der Waals surface area contributed by atoms with Crippen LogP contribution in [-0.4, -0.2) is 54.4 Å². The van der Waals surface area contributed by atoms with Crippen molar-refractivity contribution in [3.63, 3.8) is 0 Å². The molecule has 0 saturated carbocycles. The Bertz CT molecular complexity index is 688. The van der Waals surface area contributed by atoms with Crippen LogP contribution in [0.1, 0.15) is 32.1 Å². The minimum absolute atomic E-state index is 0.618. The highest BCUT2D eigenvalue weighted by atomic mass is 16.5. The van der Waals surface area contributed by atoms with E-state index in [2.05, 4.69) is 19.9 Å². The van der Waals surface area contributed by atoms with Gasteiger partial charge in [-0.25, -0.2) is 0 Å². The number of hydrogen-bond donors (Lipinski definition) is 0. The van der Waals surface area contributed by atoms with Gasteiger partial charge in [0.2, 0.25) is 5.82 Å². The molecule has 2 fully saturated rings. The molecule has 0 radical (unpaired) electrons. The third-order valence-corrected chi connectivity index (χ3v) is 5.39. The Hall–Kier alpha value is -2.08. The molecule has 2 aromatic rings. The number of ether oxygens (including phenoxy) is 1. The van der Waals surface area contributed by atoms with Gasteiger partial charge in [0.05, 0.1) is 7.11 Å². The molecule has 3 heterocycles. The van der Waals surface area contributed by atoms with Crippen molar-refractivity contribution < 1.29 is 9.26 Å². The van der Waals surface area contributed by atoms with Gasteiger partial charge in [-0.05, 0) is 50.9 Å². The van der Waals surface area contributed by atoms with E-state index in [1.165, 1.54) is 45.2 Å². The first-order chi connectivity index (χ1) is 12.3. The number of piperidine rings is 2. The van der Waals surface area contributed by atoms with Gasteiger partial charge in [-0.1, -0.05) is 23.7 Å². The lowest BCUT2D eigenvalue weighted by Crippen LogP contribution is -2.46. The fourth-order valence-electron chi connectivity index (χ4n) is 3.93. The van der Waals surface area contributed by atoms with E-state index in [9.17, 15) is 0 Å². The van der Waals surface area contributed by atoms with Crippen LogP contribution in [0.2, 0.25) is 0 Å². The van der Waals surface area contributed by atoms with E-state index in [0.717, 1.165) is 30.4 Å². The van der Waals surface area contributed by atoms with Crippen LogP contribution in [0.25, 0.3) is 11.4 Å². The maximum atomic E-state index is 5.52. The molecule has 25 heavy (non-hydrogen) atoms. The molecule has 2 aliphatic heterocycles. The summed E-state index contributed by atoms with van der Waals surface area (Å²) in [5.41, 5.74) is 0.914. The van der Waals surface area contributed by atoms with Gasteiger partial charge >= 0.3 is 6.01 Å². The fraction of sp³-hybridized carbons (Fsp3) is 0.579. The van der Waals surface area contributed by atoms with Crippen molar-refractivity contribution in [2.45, 2.75) is 38.1 Å². The van der Waals surface area contributed by atoms with Crippen molar-refractivity contribution in [3.8, 4) is 17.1 Å². The molecular weight excluding hydrogens is 316 g/mol. The fourth-order valence-corrected chi connectivity index (χ4v) is 3.93. The Morgan fingerprint density at radius 2 is 1.88 bits per heavy atom. The monoisotopic (exact) mass is 342 g/mol. The minimum atomic E-state index is 0.618. The molecular formula is C19H26N4O2. The predicted octanol–water partition coefficient (Wildman–Crippen LogP) is 3.20. The molecule has 1 aromatic heterocycles. The largest absolute Gasteiger partial charge is 0.497 e. The zero-order valence-electron chi connectivity index (χ0n) is 14.9. The Kier molecular flexibility index (Phi) is 4.88. The van der Waals surface area contributed by atoms with Gasteiger partial charge in [-0.3, -0.25) is 0 Å². The van der Waals surface area contributed by atoms with Crippen LogP contribution in [0, 0.1) is 0 Å². The molecule has 0 atom stereocenters. The van der Waals surface area contributed by atoms with Crippen LogP contribution in [0.4, 0.5) is 6.01 Å². The van der Waals surface area contributed by atoms with Gasteiger partial charge in [-0.2, -0.15) is 4.98 Å². The van der Waals surface area contributed by atoms with Crippen LogP contribution >= 0.6 is 0 Å². The number of hydrogen-bond acceptors (Lipinski definition) is 6. The number of rotatable bonds is 4.